The standard InChI is InChI=1S/C12H16Cl2N2O/c13-10-5-9(6-11(14)12(10)17)16-8-3-1-7(15)2-4-8/h5-8,16-17H,1-4,15H2. The topological polar surface area (TPSA) is 58.3 Å². The van der Waals surface area contributed by atoms with Crippen molar-refractivity contribution in [3.05, 3.63) is 22.2 Å². The minimum Gasteiger partial charge on any atom is -0.505 e. The van der Waals surface area contributed by atoms with Gasteiger partial charge in [-0.15, -0.1) is 0 Å². The number of rotatable bonds is 2. The Morgan fingerprint density at radius 2 is 1.65 bits per heavy atom. The molecular formula is C12H16Cl2N2O. The Morgan fingerprint density at radius 1 is 1.12 bits per heavy atom. The summed E-state index contributed by atoms with van der Waals surface area (Å²) in [5, 5.41) is 13.4. The Balaban J connectivity index is 2.04. The highest BCUT2D eigenvalue weighted by Gasteiger charge is 2.18. The van der Waals surface area contributed by atoms with E-state index in [-0.39, 0.29) is 15.8 Å². The number of hydrogen-bond donors (Lipinski definition) is 3. The van der Waals surface area contributed by atoms with Crippen molar-refractivity contribution in [2.24, 2.45) is 5.73 Å². The summed E-state index contributed by atoms with van der Waals surface area (Å²) in [7, 11) is 0. The predicted molar refractivity (Wildman–Crippen MR) is 72.0 cm³/mol. The highest BCUT2D eigenvalue weighted by atomic mass is 35.5. The van der Waals surface area contributed by atoms with Crippen molar-refractivity contribution in [1.82, 2.24) is 0 Å². The van der Waals surface area contributed by atoms with Crippen molar-refractivity contribution in [3.63, 3.8) is 0 Å². The normalized spacial score (nSPS) is 24.6. The van der Waals surface area contributed by atoms with Crippen molar-refractivity contribution in [3.8, 4) is 5.75 Å². The van der Waals surface area contributed by atoms with Gasteiger partial charge in [0.2, 0.25) is 0 Å². The second-order valence-corrected chi connectivity index (χ2v) is 5.36. The van der Waals surface area contributed by atoms with Crippen LogP contribution in [0.3, 0.4) is 0 Å². The lowest BCUT2D eigenvalue weighted by Crippen LogP contribution is -2.32. The average molecular weight is 275 g/mol. The third-order valence-electron chi connectivity index (χ3n) is 3.16. The minimum absolute atomic E-state index is 0.0652. The number of anilines is 1. The highest BCUT2D eigenvalue weighted by Crippen LogP contribution is 2.35. The van der Waals surface area contributed by atoms with Gasteiger partial charge in [-0.2, -0.15) is 0 Å². The lowest BCUT2D eigenvalue weighted by molar-refractivity contribution is 0.411. The van der Waals surface area contributed by atoms with E-state index in [1.807, 2.05) is 0 Å². The molecule has 0 aliphatic heterocycles. The van der Waals surface area contributed by atoms with E-state index in [1.54, 1.807) is 12.1 Å². The van der Waals surface area contributed by atoms with E-state index in [9.17, 15) is 5.11 Å². The SMILES string of the molecule is NC1CCC(Nc2cc(Cl)c(O)c(Cl)c2)CC1. The Labute approximate surface area is 111 Å². The van der Waals surface area contributed by atoms with Crippen LogP contribution < -0.4 is 11.1 Å². The molecule has 1 aromatic carbocycles. The molecule has 94 valence electrons. The fourth-order valence-corrected chi connectivity index (χ4v) is 2.64. The first-order valence-corrected chi connectivity index (χ1v) is 6.52. The molecule has 0 saturated heterocycles. The molecule has 1 saturated carbocycles. The first-order valence-electron chi connectivity index (χ1n) is 5.76. The monoisotopic (exact) mass is 274 g/mol. The molecule has 2 rings (SSSR count). The molecule has 3 nitrogen and oxygen atoms in total. The second kappa shape index (κ2) is 5.34. The van der Waals surface area contributed by atoms with E-state index in [0.717, 1.165) is 31.4 Å². The van der Waals surface area contributed by atoms with Gasteiger partial charge in [-0.3, -0.25) is 0 Å². The van der Waals surface area contributed by atoms with Crippen LogP contribution in [0.4, 0.5) is 5.69 Å². The van der Waals surface area contributed by atoms with Crippen molar-refractivity contribution < 1.29 is 5.11 Å². The van der Waals surface area contributed by atoms with Gasteiger partial charge in [-0.05, 0) is 37.8 Å². The maximum atomic E-state index is 9.46. The molecule has 0 heterocycles. The van der Waals surface area contributed by atoms with Gasteiger partial charge < -0.3 is 16.2 Å². The average Bonchev–Trinajstić information content (AvgIpc) is 2.29. The Bertz CT molecular complexity index is 380. The van der Waals surface area contributed by atoms with Crippen LogP contribution >= 0.6 is 23.2 Å². The molecular weight excluding hydrogens is 259 g/mol. The van der Waals surface area contributed by atoms with Crippen molar-refractivity contribution in [2.45, 2.75) is 37.8 Å². The summed E-state index contributed by atoms with van der Waals surface area (Å²) in [6.07, 6.45) is 4.18. The Morgan fingerprint density at radius 3 is 2.18 bits per heavy atom. The summed E-state index contributed by atoms with van der Waals surface area (Å²) < 4.78 is 0. The van der Waals surface area contributed by atoms with E-state index in [4.69, 9.17) is 28.9 Å². The summed E-state index contributed by atoms with van der Waals surface area (Å²) in [4.78, 5) is 0. The molecule has 4 N–H and O–H groups in total. The van der Waals surface area contributed by atoms with E-state index < -0.39 is 0 Å². The summed E-state index contributed by atoms with van der Waals surface area (Å²) in [6, 6.07) is 4.13. The number of aromatic hydroxyl groups is 1. The molecule has 0 unspecified atom stereocenters. The molecule has 0 radical (unpaired) electrons. The Kier molecular flexibility index (Phi) is 4.02. The number of phenolic OH excluding ortho intramolecular Hbond substituents is 1. The van der Waals surface area contributed by atoms with Gasteiger partial charge in [0, 0.05) is 17.8 Å². The van der Waals surface area contributed by atoms with Gasteiger partial charge in [0.05, 0.1) is 10.0 Å². The minimum atomic E-state index is -0.0652. The number of halogens is 2. The number of nitrogens with two attached hydrogens (primary N) is 1. The molecule has 0 atom stereocenters. The predicted octanol–water partition coefficient (Wildman–Crippen LogP) is 3.38. The highest BCUT2D eigenvalue weighted by molar-refractivity contribution is 6.37. The molecule has 1 aliphatic rings. The quantitative estimate of drug-likeness (QED) is 0.725. The zero-order chi connectivity index (χ0) is 12.4. The Hall–Kier alpha value is -0.640. The smallest absolute Gasteiger partial charge is 0.152 e. The zero-order valence-corrected chi connectivity index (χ0v) is 10.9. The van der Waals surface area contributed by atoms with Gasteiger partial charge in [-0.25, -0.2) is 0 Å². The number of hydrogen-bond acceptors (Lipinski definition) is 3. The maximum Gasteiger partial charge on any atom is 0.152 e. The fraction of sp³-hybridized carbons (Fsp3) is 0.500. The molecule has 0 amide bonds. The van der Waals surface area contributed by atoms with Crippen LogP contribution in [0.1, 0.15) is 25.7 Å². The van der Waals surface area contributed by atoms with Crippen molar-refractivity contribution in [2.75, 3.05) is 5.32 Å². The lowest BCUT2D eigenvalue weighted by Gasteiger charge is -2.27. The molecule has 5 heteroatoms. The van der Waals surface area contributed by atoms with Crippen LogP contribution in [0, 0.1) is 0 Å². The van der Waals surface area contributed by atoms with Crippen LogP contribution in [0.2, 0.25) is 10.0 Å². The first kappa shape index (κ1) is 12.8. The molecule has 0 aromatic heterocycles. The maximum absolute atomic E-state index is 9.46. The molecule has 1 aliphatic carbocycles. The largest absolute Gasteiger partial charge is 0.505 e. The number of benzene rings is 1. The van der Waals surface area contributed by atoms with E-state index >= 15 is 0 Å². The molecule has 0 spiro atoms. The van der Waals surface area contributed by atoms with Gasteiger partial charge >= 0.3 is 0 Å². The molecule has 17 heavy (non-hydrogen) atoms. The van der Waals surface area contributed by atoms with E-state index in [2.05, 4.69) is 5.32 Å². The van der Waals surface area contributed by atoms with Crippen molar-refractivity contribution in [1.29, 1.82) is 0 Å². The van der Waals surface area contributed by atoms with Gasteiger partial charge in [0.25, 0.3) is 0 Å². The zero-order valence-electron chi connectivity index (χ0n) is 9.42. The van der Waals surface area contributed by atoms with Crippen molar-refractivity contribution >= 4 is 28.9 Å². The lowest BCUT2D eigenvalue weighted by atomic mass is 9.92. The van der Waals surface area contributed by atoms with Crippen LogP contribution in [0.15, 0.2) is 12.1 Å². The molecule has 0 bridgehead atoms. The van der Waals surface area contributed by atoms with Gasteiger partial charge in [-0.1, -0.05) is 23.2 Å². The third kappa shape index (κ3) is 3.18. The summed E-state index contributed by atoms with van der Waals surface area (Å²) in [5.41, 5.74) is 6.70. The van der Waals surface area contributed by atoms with Crippen LogP contribution in [-0.4, -0.2) is 17.2 Å². The van der Waals surface area contributed by atoms with Gasteiger partial charge in [0.15, 0.2) is 5.75 Å². The van der Waals surface area contributed by atoms with E-state index in [0.29, 0.717) is 12.1 Å². The summed E-state index contributed by atoms with van der Waals surface area (Å²) in [5.74, 6) is -0.0652. The number of nitrogens with one attached hydrogen (secondary N) is 1. The van der Waals surface area contributed by atoms with Crippen LogP contribution in [0.5, 0.6) is 5.75 Å². The fourth-order valence-electron chi connectivity index (χ4n) is 2.15. The first-order chi connectivity index (χ1) is 8.06. The number of phenols is 1. The summed E-state index contributed by atoms with van der Waals surface area (Å²) >= 11 is 11.7. The summed E-state index contributed by atoms with van der Waals surface area (Å²) in [6.45, 7) is 0. The van der Waals surface area contributed by atoms with E-state index in [1.165, 1.54) is 0 Å². The molecule has 1 fully saturated rings. The third-order valence-corrected chi connectivity index (χ3v) is 3.74. The second-order valence-electron chi connectivity index (χ2n) is 4.54. The van der Waals surface area contributed by atoms with Crippen LogP contribution in [-0.2, 0) is 0 Å². The van der Waals surface area contributed by atoms with Crippen LogP contribution in [0.25, 0.3) is 0 Å². The molecule has 1 aromatic rings. The van der Waals surface area contributed by atoms with Gasteiger partial charge in [0.1, 0.15) is 0 Å².